The lowest BCUT2D eigenvalue weighted by Gasteiger charge is -2.41. The highest BCUT2D eigenvalue weighted by Crippen LogP contribution is 2.29. The molecule has 0 unspecified atom stereocenters. The third-order valence-corrected chi connectivity index (χ3v) is 5.87. The van der Waals surface area contributed by atoms with Crippen LogP contribution in [0.1, 0.15) is 17.7 Å². The van der Waals surface area contributed by atoms with Crippen LogP contribution in [-0.2, 0) is 16.0 Å². The van der Waals surface area contributed by atoms with E-state index < -0.39 is 5.54 Å². The van der Waals surface area contributed by atoms with Crippen LogP contribution < -0.4 is 15.4 Å². The number of thiophene rings is 1. The second-order valence-electron chi connectivity index (χ2n) is 6.66. The van der Waals surface area contributed by atoms with Gasteiger partial charge >= 0.3 is 0 Å². The molecular formula is C20H25N3O3S. The Labute approximate surface area is 163 Å². The molecule has 0 bridgehead atoms. The van der Waals surface area contributed by atoms with E-state index in [1.54, 1.807) is 25.5 Å². The van der Waals surface area contributed by atoms with Gasteiger partial charge in [0.05, 0.1) is 13.5 Å². The Morgan fingerprint density at radius 3 is 2.63 bits per heavy atom. The Morgan fingerprint density at radius 2 is 2.00 bits per heavy atom. The van der Waals surface area contributed by atoms with E-state index in [9.17, 15) is 9.59 Å². The van der Waals surface area contributed by atoms with Crippen molar-refractivity contribution in [1.82, 2.24) is 10.2 Å². The van der Waals surface area contributed by atoms with Gasteiger partial charge in [0.2, 0.25) is 11.8 Å². The summed E-state index contributed by atoms with van der Waals surface area (Å²) in [5.74, 6) is 0.788. The van der Waals surface area contributed by atoms with Crippen LogP contribution in [0.2, 0.25) is 0 Å². The molecule has 0 saturated carbocycles. The van der Waals surface area contributed by atoms with Gasteiger partial charge in [-0.05, 0) is 36.4 Å². The number of likely N-dealkylation sites (tertiary alicyclic amines) is 1. The Hall–Kier alpha value is -2.54. The van der Waals surface area contributed by atoms with E-state index >= 15 is 0 Å². The zero-order valence-corrected chi connectivity index (χ0v) is 16.5. The minimum absolute atomic E-state index is 0.0596. The van der Waals surface area contributed by atoms with Gasteiger partial charge in [-0.15, -0.1) is 11.3 Å². The Kier molecular flexibility index (Phi) is 6.01. The quantitative estimate of drug-likeness (QED) is 0.799. The molecule has 0 radical (unpaired) electrons. The number of anilines is 1. The zero-order valence-electron chi connectivity index (χ0n) is 15.7. The van der Waals surface area contributed by atoms with Gasteiger partial charge in [0.1, 0.15) is 11.3 Å². The standard InChI is InChI=1S/C20H25N3O3S/c1-21-19(25)20(22-15-5-3-6-16(13-15)26-2)8-10-23(11-9-20)18(24)14-17-7-4-12-27-17/h3-7,12-13,22H,8-11,14H2,1-2H3,(H,21,25). The summed E-state index contributed by atoms with van der Waals surface area (Å²) in [6, 6.07) is 11.5. The normalized spacial score (nSPS) is 15.9. The van der Waals surface area contributed by atoms with Crippen molar-refractivity contribution in [2.24, 2.45) is 0 Å². The van der Waals surface area contributed by atoms with Crippen LogP contribution >= 0.6 is 11.3 Å². The first kappa shape index (κ1) is 19.2. The smallest absolute Gasteiger partial charge is 0.245 e. The third kappa shape index (κ3) is 4.42. The summed E-state index contributed by atoms with van der Waals surface area (Å²) in [4.78, 5) is 28.1. The highest BCUT2D eigenvalue weighted by Gasteiger charge is 2.41. The van der Waals surface area contributed by atoms with Gasteiger partial charge < -0.3 is 20.3 Å². The number of methoxy groups -OCH3 is 1. The lowest BCUT2D eigenvalue weighted by atomic mass is 9.85. The summed E-state index contributed by atoms with van der Waals surface area (Å²) >= 11 is 1.59. The molecular weight excluding hydrogens is 362 g/mol. The first-order valence-electron chi connectivity index (χ1n) is 9.01. The highest BCUT2D eigenvalue weighted by atomic mass is 32.1. The van der Waals surface area contributed by atoms with Crippen molar-refractivity contribution in [3.63, 3.8) is 0 Å². The maximum Gasteiger partial charge on any atom is 0.245 e. The zero-order chi connectivity index (χ0) is 19.3. The van der Waals surface area contributed by atoms with Gasteiger partial charge in [-0.2, -0.15) is 0 Å². The fraction of sp³-hybridized carbons (Fsp3) is 0.400. The van der Waals surface area contributed by atoms with E-state index in [-0.39, 0.29) is 11.8 Å². The van der Waals surface area contributed by atoms with Crippen molar-refractivity contribution in [3.05, 3.63) is 46.7 Å². The molecule has 2 aromatic rings. The maximum absolute atomic E-state index is 12.7. The number of carbonyl (C=O) groups is 2. The van der Waals surface area contributed by atoms with Crippen LogP contribution in [0.4, 0.5) is 5.69 Å². The number of hydrogen-bond donors (Lipinski definition) is 2. The number of piperidine rings is 1. The molecule has 0 spiro atoms. The molecule has 2 amide bonds. The van der Waals surface area contributed by atoms with Crippen LogP contribution in [0.15, 0.2) is 41.8 Å². The Balaban J connectivity index is 1.69. The van der Waals surface area contributed by atoms with Crippen molar-refractivity contribution in [1.29, 1.82) is 0 Å². The van der Waals surface area contributed by atoms with Crippen LogP contribution in [-0.4, -0.2) is 49.5 Å². The maximum atomic E-state index is 12.7. The predicted octanol–water partition coefficient (Wildman–Crippen LogP) is 2.52. The summed E-state index contributed by atoms with van der Waals surface area (Å²) in [6.07, 6.45) is 1.54. The second-order valence-corrected chi connectivity index (χ2v) is 7.69. The number of likely N-dealkylation sites (N-methyl/N-ethyl adjacent to an activating group) is 1. The van der Waals surface area contributed by atoms with Crippen molar-refractivity contribution < 1.29 is 14.3 Å². The minimum Gasteiger partial charge on any atom is -0.497 e. The van der Waals surface area contributed by atoms with Gasteiger partial charge in [-0.1, -0.05) is 12.1 Å². The number of carbonyl (C=O) groups excluding carboxylic acids is 2. The number of amides is 2. The SMILES string of the molecule is CNC(=O)C1(Nc2cccc(OC)c2)CCN(C(=O)Cc2cccs2)CC1. The lowest BCUT2D eigenvalue weighted by Crippen LogP contribution is -2.58. The molecule has 1 aliphatic heterocycles. The van der Waals surface area contributed by atoms with Crippen LogP contribution in [0.25, 0.3) is 0 Å². The van der Waals surface area contributed by atoms with Crippen molar-refractivity contribution >= 4 is 28.8 Å². The van der Waals surface area contributed by atoms with E-state index in [1.807, 2.05) is 46.7 Å². The largest absolute Gasteiger partial charge is 0.497 e. The summed E-state index contributed by atoms with van der Waals surface area (Å²) in [5, 5.41) is 8.15. The molecule has 1 aromatic carbocycles. The van der Waals surface area contributed by atoms with E-state index in [4.69, 9.17) is 4.74 Å². The average Bonchev–Trinajstić information content (AvgIpc) is 3.21. The first-order chi connectivity index (χ1) is 13.1. The topological polar surface area (TPSA) is 70.7 Å². The number of ether oxygens (including phenoxy) is 1. The number of benzene rings is 1. The highest BCUT2D eigenvalue weighted by molar-refractivity contribution is 7.10. The van der Waals surface area contributed by atoms with E-state index in [0.717, 1.165) is 16.3 Å². The van der Waals surface area contributed by atoms with Gasteiger partial charge in [-0.25, -0.2) is 0 Å². The summed E-state index contributed by atoms with van der Waals surface area (Å²) in [7, 11) is 3.26. The van der Waals surface area contributed by atoms with Crippen molar-refractivity contribution in [2.45, 2.75) is 24.8 Å². The van der Waals surface area contributed by atoms with E-state index in [1.165, 1.54) is 0 Å². The van der Waals surface area contributed by atoms with E-state index in [0.29, 0.717) is 32.4 Å². The molecule has 7 heteroatoms. The number of nitrogens with zero attached hydrogens (tertiary/aromatic N) is 1. The molecule has 0 aliphatic carbocycles. The van der Waals surface area contributed by atoms with Gasteiger partial charge in [0.25, 0.3) is 0 Å². The van der Waals surface area contributed by atoms with Gasteiger partial charge in [0.15, 0.2) is 0 Å². The van der Waals surface area contributed by atoms with Crippen LogP contribution in [0.3, 0.4) is 0 Å². The summed E-state index contributed by atoms with van der Waals surface area (Å²) < 4.78 is 5.27. The molecule has 27 heavy (non-hydrogen) atoms. The molecule has 2 N–H and O–H groups in total. The Morgan fingerprint density at radius 1 is 1.22 bits per heavy atom. The fourth-order valence-electron chi connectivity index (χ4n) is 3.44. The minimum atomic E-state index is -0.735. The molecule has 1 fully saturated rings. The van der Waals surface area contributed by atoms with Crippen molar-refractivity contribution in [3.8, 4) is 5.75 Å². The van der Waals surface area contributed by atoms with Crippen LogP contribution in [0.5, 0.6) is 5.75 Å². The fourth-order valence-corrected chi connectivity index (χ4v) is 4.13. The Bertz CT molecular complexity index is 784. The molecule has 2 heterocycles. The molecule has 144 valence electrons. The molecule has 6 nitrogen and oxygen atoms in total. The van der Waals surface area contributed by atoms with Crippen LogP contribution in [0, 0.1) is 0 Å². The third-order valence-electron chi connectivity index (χ3n) is 4.99. The predicted molar refractivity (Wildman–Crippen MR) is 107 cm³/mol. The first-order valence-corrected chi connectivity index (χ1v) is 9.89. The summed E-state index contributed by atoms with van der Waals surface area (Å²) in [6.45, 7) is 1.10. The number of hydrogen-bond acceptors (Lipinski definition) is 5. The molecule has 1 saturated heterocycles. The van der Waals surface area contributed by atoms with Crippen molar-refractivity contribution in [2.75, 3.05) is 32.6 Å². The average molecular weight is 388 g/mol. The lowest BCUT2D eigenvalue weighted by molar-refractivity contribution is -0.135. The monoisotopic (exact) mass is 387 g/mol. The molecule has 3 rings (SSSR count). The molecule has 1 aliphatic rings. The molecule has 1 aromatic heterocycles. The number of rotatable bonds is 6. The van der Waals surface area contributed by atoms with Gasteiger partial charge in [-0.3, -0.25) is 9.59 Å². The second kappa shape index (κ2) is 8.43. The number of nitrogens with one attached hydrogen (secondary N) is 2. The summed E-state index contributed by atoms with van der Waals surface area (Å²) in [5.41, 5.74) is 0.0946. The molecule has 0 atom stereocenters. The van der Waals surface area contributed by atoms with E-state index in [2.05, 4.69) is 10.6 Å². The van der Waals surface area contributed by atoms with Gasteiger partial charge in [0, 0.05) is 36.8 Å².